The van der Waals surface area contributed by atoms with Crippen molar-refractivity contribution in [3.8, 4) is 0 Å². The molecule has 0 aromatic carbocycles. The Bertz CT molecular complexity index is 383. The minimum absolute atomic E-state index is 0.908. The maximum absolute atomic E-state index is 4.19. The number of hydrogen-bond donors (Lipinski definition) is 1. The number of aryl methyl sites for hydroxylation is 1. The molecule has 2 aromatic rings. The molecule has 2 rings (SSSR count). The molecule has 0 fully saturated rings. The van der Waals surface area contributed by atoms with Crippen LogP contribution in [0.4, 0.5) is 10.8 Å². The van der Waals surface area contributed by atoms with Gasteiger partial charge >= 0.3 is 0 Å². The van der Waals surface area contributed by atoms with E-state index >= 15 is 0 Å². The summed E-state index contributed by atoms with van der Waals surface area (Å²) >= 11 is 1.63. The van der Waals surface area contributed by atoms with Gasteiger partial charge in [-0.25, -0.2) is 4.98 Å². The highest BCUT2D eigenvalue weighted by molar-refractivity contribution is 7.15. The summed E-state index contributed by atoms with van der Waals surface area (Å²) in [6.45, 7) is 2.03. The van der Waals surface area contributed by atoms with Gasteiger partial charge in [-0.05, 0) is 19.1 Å². The van der Waals surface area contributed by atoms with Gasteiger partial charge in [0.05, 0.1) is 11.9 Å². The second-order valence-corrected chi connectivity index (χ2v) is 3.88. The lowest BCUT2D eigenvalue weighted by Gasteiger charge is -1.99. The number of nitrogens with zero attached hydrogens (tertiary/aromatic N) is 2. The van der Waals surface area contributed by atoms with Crippen LogP contribution in [0, 0.1) is 6.92 Å². The van der Waals surface area contributed by atoms with Crippen molar-refractivity contribution < 1.29 is 0 Å². The van der Waals surface area contributed by atoms with E-state index in [0.717, 1.165) is 10.8 Å². The molecular formula is C9H9N3S. The van der Waals surface area contributed by atoms with Crippen molar-refractivity contribution in [3.63, 3.8) is 0 Å². The molecule has 0 radical (unpaired) electrons. The quantitative estimate of drug-likeness (QED) is 0.792. The van der Waals surface area contributed by atoms with E-state index in [-0.39, 0.29) is 0 Å². The largest absolute Gasteiger partial charge is 0.330 e. The minimum Gasteiger partial charge on any atom is -0.330 e. The van der Waals surface area contributed by atoms with Crippen LogP contribution in [0.3, 0.4) is 0 Å². The normalized spacial score (nSPS) is 9.92. The molecule has 2 heterocycles. The van der Waals surface area contributed by atoms with E-state index in [0.29, 0.717) is 0 Å². The van der Waals surface area contributed by atoms with Gasteiger partial charge in [-0.1, -0.05) is 0 Å². The standard InChI is InChI=1S/C9H9N3S/c1-7-5-11-9(13-7)12-8-3-2-4-10-6-8/h2-6H,1H3,(H,11,12). The fourth-order valence-corrected chi connectivity index (χ4v) is 1.66. The van der Waals surface area contributed by atoms with Gasteiger partial charge in [-0.15, -0.1) is 11.3 Å². The Balaban J connectivity index is 2.15. The van der Waals surface area contributed by atoms with Gasteiger partial charge < -0.3 is 5.32 Å². The van der Waals surface area contributed by atoms with Crippen molar-refractivity contribution in [2.75, 3.05) is 5.32 Å². The third-order valence-corrected chi connectivity index (χ3v) is 2.36. The molecule has 0 unspecified atom stereocenters. The van der Waals surface area contributed by atoms with Crippen LogP contribution in [0.15, 0.2) is 30.7 Å². The lowest BCUT2D eigenvalue weighted by molar-refractivity contribution is 1.31. The van der Waals surface area contributed by atoms with Crippen LogP contribution in [0.5, 0.6) is 0 Å². The molecule has 3 nitrogen and oxygen atoms in total. The van der Waals surface area contributed by atoms with Gasteiger partial charge in [0, 0.05) is 17.3 Å². The first kappa shape index (κ1) is 8.19. The van der Waals surface area contributed by atoms with E-state index in [1.165, 1.54) is 4.88 Å². The van der Waals surface area contributed by atoms with E-state index in [9.17, 15) is 0 Å². The summed E-state index contributed by atoms with van der Waals surface area (Å²) in [5.74, 6) is 0. The second-order valence-electron chi connectivity index (χ2n) is 2.64. The van der Waals surface area contributed by atoms with Crippen LogP contribution in [0.25, 0.3) is 0 Å². The maximum Gasteiger partial charge on any atom is 0.187 e. The Morgan fingerprint density at radius 2 is 2.31 bits per heavy atom. The first-order valence-corrected chi connectivity index (χ1v) is 4.76. The predicted octanol–water partition coefficient (Wildman–Crippen LogP) is 2.59. The highest BCUT2D eigenvalue weighted by Gasteiger charge is 1.97. The maximum atomic E-state index is 4.19. The van der Waals surface area contributed by atoms with Gasteiger partial charge in [-0.2, -0.15) is 0 Å². The summed E-state index contributed by atoms with van der Waals surface area (Å²) in [5.41, 5.74) is 0.969. The number of hydrogen-bond acceptors (Lipinski definition) is 4. The van der Waals surface area contributed by atoms with Gasteiger partial charge in [-0.3, -0.25) is 4.98 Å². The van der Waals surface area contributed by atoms with Crippen molar-refractivity contribution >= 4 is 22.2 Å². The fourth-order valence-electron chi connectivity index (χ4n) is 0.973. The monoisotopic (exact) mass is 191 g/mol. The number of anilines is 2. The van der Waals surface area contributed by atoms with Crippen molar-refractivity contribution in [1.82, 2.24) is 9.97 Å². The van der Waals surface area contributed by atoms with Crippen LogP contribution in [-0.4, -0.2) is 9.97 Å². The van der Waals surface area contributed by atoms with Crippen LogP contribution < -0.4 is 5.32 Å². The molecule has 0 spiro atoms. The van der Waals surface area contributed by atoms with E-state index in [4.69, 9.17) is 0 Å². The Hall–Kier alpha value is -1.42. The Kier molecular flexibility index (Phi) is 2.23. The molecule has 0 aliphatic rings. The molecule has 0 saturated carbocycles. The molecule has 4 heteroatoms. The number of aromatic nitrogens is 2. The fraction of sp³-hybridized carbons (Fsp3) is 0.111. The summed E-state index contributed by atoms with van der Waals surface area (Å²) in [7, 11) is 0. The highest BCUT2D eigenvalue weighted by Crippen LogP contribution is 2.20. The molecule has 0 bridgehead atoms. The van der Waals surface area contributed by atoms with E-state index in [2.05, 4.69) is 15.3 Å². The first-order chi connectivity index (χ1) is 6.34. The topological polar surface area (TPSA) is 37.8 Å². The van der Waals surface area contributed by atoms with Crippen LogP contribution in [-0.2, 0) is 0 Å². The van der Waals surface area contributed by atoms with Gasteiger partial charge in [0.25, 0.3) is 0 Å². The Morgan fingerprint density at radius 1 is 1.38 bits per heavy atom. The van der Waals surface area contributed by atoms with Crippen molar-refractivity contribution in [2.24, 2.45) is 0 Å². The lowest BCUT2D eigenvalue weighted by atomic mass is 10.4. The average molecular weight is 191 g/mol. The Morgan fingerprint density at radius 3 is 2.92 bits per heavy atom. The number of pyridine rings is 1. The summed E-state index contributed by atoms with van der Waals surface area (Å²) in [4.78, 5) is 9.39. The number of nitrogens with one attached hydrogen (secondary N) is 1. The predicted molar refractivity (Wildman–Crippen MR) is 54.4 cm³/mol. The van der Waals surface area contributed by atoms with Gasteiger partial charge in [0.1, 0.15) is 0 Å². The molecule has 0 atom stereocenters. The van der Waals surface area contributed by atoms with Gasteiger partial charge in [0.15, 0.2) is 5.13 Å². The van der Waals surface area contributed by atoms with Gasteiger partial charge in [0.2, 0.25) is 0 Å². The zero-order valence-corrected chi connectivity index (χ0v) is 8.01. The molecule has 1 N–H and O–H groups in total. The molecule has 0 saturated heterocycles. The highest BCUT2D eigenvalue weighted by atomic mass is 32.1. The Labute approximate surface area is 80.5 Å². The van der Waals surface area contributed by atoms with Crippen LogP contribution >= 0.6 is 11.3 Å². The summed E-state index contributed by atoms with van der Waals surface area (Å²) in [5, 5.41) is 4.08. The summed E-state index contributed by atoms with van der Waals surface area (Å²) in [6, 6.07) is 3.85. The first-order valence-electron chi connectivity index (χ1n) is 3.94. The van der Waals surface area contributed by atoms with Crippen molar-refractivity contribution in [3.05, 3.63) is 35.6 Å². The zero-order chi connectivity index (χ0) is 9.10. The summed E-state index contributed by atoms with van der Waals surface area (Å²) < 4.78 is 0. The molecule has 0 amide bonds. The summed E-state index contributed by atoms with van der Waals surface area (Å²) in [6.07, 6.45) is 5.37. The average Bonchev–Trinajstić information content (AvgIpc) is 2.53. The molecule has 13 heavy (non-hydrogen) atoms. The lowest BCUT2D eigenvalue weighted by Crippen LogP contribution is -1.88. The third-order valence-electron chi connectivity index (χ3n) is 1.53. The SMILES string of the molecule is Cc1cnc(Nc2cccnc2)s1. The molecule has 66 valence electrons. The van der Waals surface area contributed by atoms with Crippen LogP contribution in [0.2, 0.25) is 0 Å². The third kappa shape index (κ3) is 2.03. The molecule has 0 aliphatic carbocycles. The van der Waals surface area contributed by atoms with Crippen LogP contribution in [0.1, 0.15) is 4.88 Å². The second kappa shape index (κ2) is 3.53. The van der Waals surface area contributed by atoms with E-state index in [1.807, 2.05) is 25.3 Å². The van der Waals surface area contributed by atoms with E-state index < -0.39 is 0 Å². The smallest absolute Gasteiger partial charge is 0.187 e. The molecule has 2 aromatic heterocycles. The number of rotatable bonds is 2. The number of thiazole rings is 1. The van der Waals surface area contributed by atoms with E-state index in [1.54, 1.807) is 23.7 Å². The van der Waals surface area contributed by atoms with Crippen molar-refractivity contribution in [2.45, 2.75) is 6.92 Å². The minimum atomic E-state index is 0.908. The zero-order valence-electron chi connectivity index (χ0n) is 7.19. The molecular weight excluding hydrogens is 182 g/mol. The molecule has 0 aliphatic heterocycles. The van der Waals surface area contributed by atoms with Crippen molar-refractivity contribution in [1.29, 1.82) is 0 Å².